The SMILES string of the molecule is CCOc1cccc([C@@H]2c3c(oc4ccccc4c3=O)C(=O)N2[C@@H]2CCS(=O)(=O)C2)c1. The van der Waals surface area contributed by atoms with Gasteiger partial charge in [-0.1, -0.05) is 24.3 Å². The lowest BCUT2D eigenvalue weighted by molar-refractivity contribution is 0.0662. The number of carbonyl (C=O) groups excluding carboxylic acids is 1. The van der Waals surface area contributed by atoms with Gasteiger partial charge < -0.3 is 14.1 Å². The molecule has 0 bridgehead atoms. The molecule has 160 valence electrons. The first-order valence-corrected chi connectivity index (χ1v) is 12.0. The summed E-state index contributed by atoms with van der Waals surface area (Å²) in [5, 5.41) is 0.390. The molecular weight excluding hydrogens is 418 g/mol. The zero-order chi connectivity index (χ0) is 21.8. The van der Waals surface area contributed by atoms with Crippen LogP contribution in [0.5, 0.6) is 5.75 Å². The third kappa shape index (κ3) is 3.22. The number of ether oxygens (including phenoxy) is 1. The maximum atomic E-state index is 13.5. The van der Waals surface area contributed by atoms with Crippen molar-refractivity contribution in [2.75, 3.05) is 18.1 Å². The molecule has 0 spiro atoms. The van der Waals surface area contributed by atoms with E-state index >= 15 is 0 Å². The quantitative estimate of drug-likeness (QED) is 0.621. The van der Waals surface area contributed by atoms with Gasteiger partial charge in [0.25, 0.3) is 5.91 Å². The number of fused-ring (bicyclic) bond motifs is 2. The van der Waals surface area contributed by atoms with Crippen LogP contribution in [0.2, 0.25) is 0 Å². The molecule has 0 saturated carbocycles. The van der Waals surface area contributed by atoms with Crippen LogP contribution in [0.4, 0.5) is 0 Å². The number of hydrogen-bond acceptors (Lipinski definition) is 6. The summed E-state index contributed by atoms with van der Waals surface area (Å²) in [4.78, 5) is 28.4. The first-order chi connectivity index (χ1) is 14.9. The van der Waals surface area contributed by atoms with Crippen LogP contribution < -0.4 is 10.2 Å². The van der Waals surface area contributed by atoms with Gasteiger partial charge in [-0.3, -0.25) is 9.59 Å². The van der Waals surface area contributed by atoms with Crippen LogP contribution in [-0.2, 0) is 9.84 Å². The molecule has 2 aliphatic rings. The Morgan fingerprint density at radius 2 is 1.94 bits per heavy atom. The summed E-state index contributed by atoms with van der Waals surface area (Å²) in [6.07, 6.45) is 0.331. The molecule has 2 aliphatic heterocycles. The summed E-state index contributed by atoms with van der Waals surface area (Å²) in [7, 11) is -3.24. The molecule has 1 amide bonds. The van der Waals surface area contributed by atoms with Crippen LogP contribution in [0, 0.1) is 0 Å². The number of benzene rings is 2. The van der Waals surface area contributed by atoms with E-state index in [1.54, 1.807) is 42.5 Å². The maximum Gasteiger partial charge on any atom is 0.291 e. The van der Waals surface area contributed by atoms with Crippen molar-refractivity contribution in [3.8, 4) is 5.75 Å². The highest BCUT2D eigenvalue weighted by Crippen LogP contribution is 2.42. The lowest BCUT2D eigenvalue weighted by Crippen LogP contribution is -2.40. The van der Waals surface area contributed by atoms with Gasteiger partial charge in [-0.2, -0.15) is 0 Å². The van der Waals surface area contributed by atoms with Gasteiger partial charge >= 0.3 is 0 Å². The van der Waals surface area contributed by atoms with Crippen molar-refractivity contribution in [2.24, 2.45) is 0 Å². The van der Waals surface area contributed by atoms with E-state index in [9.17, 15) is 18.0 Å². The summed E-state index contributed by atoms with van der Waals surface area (Å²) >= 11 is 0. The third-order valence-corrected chi connectivity index (χ3v) is 7.65. The number of nitrogens with zero attached hydrogens (tertiary/aromatic N) is 1. The second-order valence-electron chi connectivity index (χ2n) is 7.85. The van der Waals surface area contributed by atoms with Crippen LogP contribution in [0.1, 0.15) is 41.1 Å². The Hall–Kier alpha value is -3.13. The monoisotopic (exact) mass is 439 g/mol. The number of rotatable bonds is 4. The van der Waals surface area contributed by atoms with E-state index < -0.39 is 27.8 Å². The van der Waals surface area contributed by atoms with E-state index in [1.165, 1.54) is 4.90 Å². The van der Waals surface area contributed by atoms with E-state index in [1.807, 2.05) is 13.0 Å². The lowest BCUT2D eigenvalue weighted by atomic mass is 9.97. The molecule has 1 saturated heterocycles. The van der Waals surface area contributed by atoms with Gasteiger partial charge in [-0.15, -0.1) is 0 Å². The first kappa shape index (κ1) is 19.8. The normalized spacial score (nSPS) is 22.1. The Kier molecular flexibility index (Phi) is 4.62. The molecule has 2 aromatic carbocycles. The van der Waals surface area contributed by atoms with Gasteiger partial charge in [0.15, 0.2) is 15.3 Å². The molecule has 0 aliphatic carbocycles. The van der Waals surface area contributed by atoms with E-state index in [0.717, 1.165) is 0 Å². The minimum atomic E-state index is -3.24. The van der Waals surface area contributed by atoms with Gasteiger partial charge in [0.2, 0.25) is 5.76 Å². The smallest absolute Gasteiger partial charge is 0.291 e. The fourth-order valence-corrected chi connectivity index (χ4v) is 6.29. The molecule has 8 heteroatoms. The fourth-order valence-electron chi connectivity index (χ4n) is 4.58. The van der Waals surface area contributed by atoms with Crippen LogP contribution in [-0.4, -0.2) is 43.4 Å². The Morgan fingerprint density at radius 1 is 1.13 bits per heavy atom. The number of carbonyl (C=O) groups is 1. The van der Waals surface area contributed by atoms with Crippen LogP contribution in [0.3, 0.4) is 0 Å². The van der Waals surface area contributed by atoms with E-state index in [4.69, 9.17) is 9.15 Å². The zero-order valence-corrected chi connectivity index (χ0v) is 17.7. The second kappa shape index (κ2) is 7.23. The van der Waals surface area contributed by atoms with E-state index in [-0.39, 0.29) is 28.3 Å². The van der Waals surface area contributed by atoms with E-state index in [2.05, 4.69) is 0 Å². The lowest BCUT2D eigenvalue weighted by Gasteiger charge is -2.30. The molecule has 3 aromatic rings. The largest absolute Gasteiger partial charge is 0.494 e. The highest BCUT2D eigenvalue weighted by atomic mass is 32.2. The molecule has 2 atom stereocenters. The van der Waals surface area contributed by atoms with Crippen molar-refractivity contribution in [1.82, 2.24) is 4.90 Å². The van der Waals surface area contributed by atoms with Gasteiger partial charge in [0.1, 0.15) is 11.3 Å². The Morgan fingerprint density at radius 3 is 2.68 bits per heavy atom. The maximum absolute atomic E-state index is 13.5. The average molecular weight is 439 g/mol. The average Bonchev–Trinajstić information content (AvgIpc) is 3.25. The highest BCUT2D eigenvalue weighted by molar-refractivity contribution is 7.91. The fraction of sp³-hybridized carbons (Fsp3) is 0.304. The Balaban J connectivity index is 1.74. The third-order valence-electron chi connectivity index (χ3n) is 5.90. The zero-order valence-electron chi connectivity index (χ0n) is 16.9. The van der Waals surface area contributed by atoms with Crippen molar-refractivity contribution in [2.45, 2.75) is 25.4 Å². The summed E-state index contributed by atoms with van der Waals surface area (Å²) < 4.78 is 35.9. The molecule has 0 N–H and O–H groups in total. The van der Waals surface area contributed by atoms with Crippen molar-refractivity contribution in [3.05, 3.63) is 75.6 Å². The van der Waals surface area contributed by atoms with Crippen molar-refractivity contribution >= 4 is 26.7 Å². The van der Waals surface area contributed by atoms with E-state index in [0.29, 0.717) is 35.3 Å². The molecule has 0 radical (unpaired) electrons. The summed E-state index contributed by atoms with van der Waals surface area (Å²) in [6, 6.07) is 12.8. The van der Waals surface area contributed by atoms with Gasteiger partial charge in [0.05, 0.1) is 35.1 Å². The first-order valence-electron chi connectivity index (χ1n) is 10.2. The minimum Gasteiger partial charge on any atom is -0.494 e. The van der Waals surface area contributed by atoms with Crippen LogP contribution >= 0.6 is 0 Å². The number of sulfone groups is 1. The molecule has 3 heterocycles. The molecule has 1 fully saturated rings. The molecule has 5 rings (SSSR count). The minimum absolute atomic E-state index is 0.0141. The van der Waals surface area contributed by atoms with Crippen molar-refractivity contribution < 1.29 is 22.4 Å². The Labute approximate surface area is 179 Å². The topological polar surface area (TPSA) is 93.9 Å². The summed E-state index contributed by atoms with van der Waals surface area (Å²) in [6.45, 7) is 2.35. The molecule has 7 nitrogen and oxygen atoms in total. The van der Waals surface area contributed by atoms with Crippen LogP contribution in [0.25, 0.3) is 11.0 Å². The standard InChI is InChI=1S/C23H21NO6S/c1-2-29-16-7-5-6-14(12-16)20-19-21(25)17-8-3-4-9-18(17)30-22(19)23(26)24(20)15-10-11-31(27,28)13-15/h3-9,12,15,20H,2,10-11,13H2,1H3/t15-,20-/m1/s1. The predicted octanol–water partition coefficient (Wildman–Crippen LogP) is 2.92. The van der Waals surface area contributed by atoms with Gasteiger partial charge in [0, 0.05) is 6.04 Å². The van der Waals surface area contributed by atoms with Crippen LogP contribution in [0.15, 0.2) is 57.7 Å². The second-order valence-corrected chi connectivity index (χ2v) is 10.1. The van der Waals surface area contributed by atoms with Crippen molar-refractivity contribution in [1.29, 1.82) is 0 Å². The molecule has 31 heavy (non-hydrogen) atoms. The van der Waals surface area contributed by atoms with Crippen molar-refractivity contribution in [3.63, 3.8) is 0 Å². The summed E-state index contributed by atoms with van der Waals surface area (Å²) in [5.41, 5.74) is 0.995. The predicted molar refractivity (Wildman–Crippen MR) is 115 cm³/mol. The summed E-state index contributed by atoms with van der Waals surface area (Å²) in [5.74, 6) is 0.0474. The number of hydrogen-bond donors (Lipinski definition) is 0. The molecular formula is C23H21NO6S. The Bertz CT molecular complexity index is 1360. The number of para-hydroxylation sites is 1. The number of amides is 1. The highest BCUT2D eigenvalue weighted by Gasteiger charge is 2.48. The van der Waals surface area contributed by atoms with Gasteiger partial charge in [-0.25, -0.2) is 8.42 Å². The molecule has 1 aromatic heterocycles. The van der Waals surface area contributed by atoms with Gasteiger partial charge in [-0.05, 0) is 43.2 Å². The molecule has 0 unspecified atom stereocenters.